The van der Waals surface area contributed by atoms with Crippen molar-refractivity contribution in [1.29, 1.82) is 0 Å². The van der Waals surface area contributed by atoms with Gasteiger partial charge in [-0.05, 0) is 31.0 Å². The molecule has 1 aliphatic rings. The van der Waals surface area contributed by atoms with Crippen LogP contribution in [0.2, 0.25) is 0 Å². The van der Waals surface area contributed by atoms with E-state index in [4.69, 9.17) is 0 Å². The number of nitrogens with zero attached hydrogens (tertiary/aromatic N) is 3. The second-order valence-corrected chi connectivity index (χ2v) is 6.24. The molecule has 1 aromatic heterocycles. The van der Waals surface area contributed by atoms with Gasteiger partial charge in [-0.1, -0.05) is 13.3 Å². The van der Waals surface area contributed by atoms with Crippen molar-refractivity contribution in [2.24, 2.45) is 5.41 Å². The van der Waals surface area contributed by atoms with Crippen molar-refractivity contribution < 1.29 is 14.3 Å². The number of rotatable bonds is 4. The molecule has 1 aliphatic carbocycles. The molecule has 0 saturated heterocycles. The highest BCUT2D eigenvalue weighted by atomic mass is 19.1. The molecular weight excluding hydrogens is 299 g/mol. The predicted octanol–water partition coefficient (Wildman–Crippen LogP) is 1.69. The van der Waals surface area contributed by atoms with Crippen LogP contribution in [-0.2, 0) is 0 Å². The van der Waals surface area contributed by atoms with Gasteiger partial charge >= 0.3 is 0 Å². The zero-order chi connectivity index (χ0) is 16.4. The summed E-state index contributed by atoms with van der Waals surface area (Å²) in [7, 11) is 0. The molecule has 7 heteroatoms. The minimum absolute atomic E-state index is 0.0253. The molecule has 0 bridgehead atoms. The summed E-state index contributed by atoms with van der Waals surface area (Å²) in [6, 6.07) is 4.15. The van der Waals surface area contributed by atoms with Crippen LogP contribution < -0.4 is 5.32 Å². The Morgan fingerprint density at radius 1 is 1.57 bits per heavy atom. The van der Waals surface area contributed by atoms with Crippen molar-refractivity contribution in [1.82, 2.24) is 20.1 Å². The number of aromatic nitrogens is 3. The van der Waals surface area contributed by atoms with Gasteiger partial charge in [0.15, 0.2) is 0 Å². The van der Waals surface area contributed by atoms with E-state index in [2.05, 4.69) is 15.4 Å². The smallest absolute Gasteiger partial charge is 0.251 e. The van der Waals surface area contributed by atoms with Gasteiger partial charge in [0.25, 0.3) is 5.91 Å². The first-order chi connectivity index (χ1) is 11.0. The first-order valence-corrected chi connectivity index (χ1v) is 7.60. The molecule has 0 aliphatic heterocycles. The molecule has 1 saturated carbocycles. The van der Waals surface area contributed by atoms with E-state index in [1.54, 1.807) is 6.07 Å². The molecule has 0 spiro atoms. The fourth-order valence-electron chi connectivity index (χ4n) is 3.08. The lowest BCUT2D eigenvalue weighted by molar-refractivity contribution is 0.0830. The van der Waals surface area contributed by atoms with Crippen molar-refractivity contribution in [3.63, 3.8) is 0 Å². The molecular formula is C16H19FN4O2. The van der Waals surface area contributed by atoms with E-state index in [9.17, 15) is 14.3 Å². The monoisotopic (exact) mass is 318 g/mol. The molecule has 2 aromatic rings. The van der Waals surface area contributed by atoms with Gasteiger partial charge in [0.05, 0.1) is 6.61 Å². The maximum Gasteiger partial charge on any atom is 0.251 e. The Kier molecular flexibility index (Phi) is 4.12. The summed E-state index contributed by atoms with van der Waals surface area (Å²) >= 11 is 0. The number of amides is 1. The molecule has 3 rings (SSSR count). The summed E-state index contributed by atoms with van der Waals surface area (Å²) in [5.74, 6) is -0.875. The SMILES string of the molecule is CC1(CO)CCCC1NC(=O)c1ccc(-n2cncn2)c(F)c1. The molecule has 0 radical (unpaired) electrons. The van der Waals surface area contributed by atoms with Crippen molar-refractivity contribution in [2.75, 3.05) is 6.61 Å². The van der Waals surface area contributed by atoms with E-state index >= 15 is 0 Å². The number of hydrogen-bond donors (Lipinski definition) is 2. The van der Waals surface area contributed by atoms with E-state index < -0.39 is 5.82 Å². The van der Waals surface area contributed by atoms with Crippen LogP contribution in [0.5, 0.6) is 0 Å². The fraction of sp³-hybridized carbons (Fsp3) is 0.438. The number of aliphatic hydroxyl groups excluding tert-OH is 1. The van der Waals surface area contributed by atoms with E-state index in [1.165, 1.54) is 29.5 Å². The van der Waals surface area contributed by atoms with Crippen LogP contribution in [0.4, 0.5) is 4.39 Å². The molecule has 1 heterocycles. The van der Waals surface area contributed by atoms with Crippen LogP contribution in [0.1, 0.15) is 36.5 Å². The van der Waals surface area contributed by atoms with Crippen LogP contribution >= 0.6 is 0 Å². The third-order valence-corrected chi connectivity index (χ3v) is 4.62. The first kappa shape index (κ1) is 15.6. The van der Waals surface area contributed by atoms with Gasteiger partial charge < -0.3 is 10.4 Å². The van der Waals surface area contributed by atoms with Gasteiger partial charge in [-0.25, -0.2) is 14.1 Å². The Morgan fingerprint density at radius 3 is 3.04 bits per heavy atom. The Balaban J connectivity index is 1.77. The number of aliphatic hydroxyl groups is 1. The zero-order valence-electron chi connectivity index (χ0n) is 12.9. The second-order valence-electron chi connectivity index (χ2n) is 6.24. The molecule has 2 atom stereocenters. The average molecular weight is 318 g/mol. The number of hydrogen-bond acceptors (Lipinski definition) is 4. The Morgan fingerprint density at radius 2 is 2.39 bits per heavy atom. The Bertz CT molecular complexity index is 704. The third kappa shape index (κ3) is 2.96. The normalized spacial score (nSPS) is 23.9. The summed E-state index contributed by atoms with van der Waals surface area (Å²) < 4.78 is 15.5. The van der Waals surface area contributed by atoms with Crippen LogP contribution in [0, 0.1) is 11.2 Å². The predicted molar refractivity (Wildman–Crippen MR) is 81.6 cm³/mol. The molecule has 1 amide bonds. The van der Waals surface area contributed by atoms with Crippen LogP contribution in [0.15, 0.2) is 30.9 Å². The summed E-state index contributed by atoms with van der Waals surface area (Å²) in [5.41, 5.74) is 0.174. The summed E-state index contributed by atoms with van der Waals surface area (Å²) in [4.78, 5) is 16.1. The van der Waals surface area contributed by atoms with E-state index in [-0.39, 0.29) is 35.2 Å². The summed E-state index contributed by atoms with van der Waals surface area (Å²) in [6.45, 7) is 1.98. The number of benzene rings is 1. The van der Waals surface area contributed by atoms with Gasteiger partial charge in [-0.15, -0.1) is 0 Å². The first-order valence-electron chi connectivity index (χ1n) is 7.60. The highest BCUT2D eigenvalue weighted by Crippen LogP contribution is 2.37. The van der Waals surface area contributed by atoms with Crippen LogP contribution in [-0.4, -0.2) is 38.4 Å². The molecule has 122 valence electrons. The molecule has 2 unspecified atom stereocenters. The maximum absolute atomic E-state index is 14.2. The molecule has 6 nitrogen and oxygen atoms in total. The standard InChI is InChI=1S/C16H19FN4O2/c1-16(8-22)6-2-3-14(16)20-15(23)11-4-5-13(12(17)7-11)21-10-18-9-19-21/h4-5,7,9-10,14,22H,2-3,6,8H2,1H3,(H,20,23). The zero-order valence-corrected chi connectivity index (χ0v) is 12.9. The summed E-state index contributed by atoms with van der Waals surface area (Å²) in [6.07, 6.45) is 5.36. The molecule has 2 N–H and O–H groups in total. The lowest BCUT2D eigenvalue weighted by atomic mass is 9.85. The second kappa shape index (κ2) is 6.08. The van der Waals surface area contributed by atoms with Gasteiger partial charge in [-0.2, -0.15) is 5.10 Å². The topological polar surface area (TPSA) is 80.0 Å². The lowest BCUT2D eigenvalue weighted by Crippen LogP contribution is -2.44. The molecule has 1 fully saturated rings. The largest absolute Gasteiger partial charge is 0.396 e. The quantitative estimate of drug-likeness (QED) is 0.899. The minimum atomic E-state index is -0.542. The maximum atomic E-state index is 14.2. The fourth-order valence-corrected chi connectivity index (χ4v) is 3.08. The summed E-state index contributed by atoms with van der Waals surface area (Å²) in [5, 5.41) is 16.3. The Labute approximate surface area is 133 Å². The number of carbonyl (C=O) groups excluding carboxylic acids is 1. The average Bonchev–Trinajstić information content (AvgIpc) is 3.18. The van der Waals surface area contributed by atoms with E-state index in [1.807, 2.05) is 6.92 Å². The number of nitrogens with one attached hydrogen (secondary N) is 1. The lowest BCUT2D eigenvalue weighted by Gasteiger charge is -2.30. The van der Waals surface area contributed by atoms with Gasteiger partial charge in [0.1, 0.15) is 24.2 Å². The minimum Gasteiger partial charge on any atom is -0.396 e. The van der Waals surface area contributed by atoms with Crippen LogP contribution in [0.25, 0.3) is 5.69 Å². The van der Waals surface area contributed by atoms with Crippen molar-refractivity contribution in [3.05, 3.63) is 42.2 Å². The van der Waals surface area contributed by atoms with Crippen molar-refractivity contribution >= 4 is 5.91 Å². The van der Waals surface area contributed by atoms with Crippen LogP contribution in [0.3, 0.4) is 0 Å². The van der Waals surface area contributed by atoms with Gasteiger partial charge in [0.2, 0.25) is 0 Å². The number of carbonyl (C=O) groups is 1. The van der Waals surface area contributed by atoms with Crippen molar-refractivity contribution in [3.8, 4) is 5.69 Å². The molecule has 23 heavy (non-hydrogen) atoms. The molecule has 1 aromatic carbocycles. The van der Waals surface area contributed by atoms with E-state index in [0.29, 0.717) is 0 Å². The van der Waals surface area contributed by atoms with Gasteiger partial charge in [-0.3, -0.25) is 4.79 Å². The highest BCUT2D eigenvalue weighted by molar-refractivity contribution is 5.94. The third-order valence-electron chi connectivity index (χ3n) is 4.62. The van der Waals surface area contributed by atoms with Crippen molar-refractivity contribution in [2.45, 2.75) is 32.2 Å². The van der Waals surface area contributed by atoms with Gasteiger partial charge in [0, 0.05) is 17.0 Å². The highest BCUT2D eigenvalue weighted by Gasteiger charge is 2.39. The number of halogens is 1. The van der Waals surface area contributed by atoms with E-state index in [0.717, 1.165) is 19.3 Å². The Hall–Kier alpha value is -2.28.